The number of hydrogen-bond donors (Lipinski definition) is 2. The van der Waals surface area contributed by atoms with Gasteiger partial charge in [0.1, 0.15) is 0 Å². The van der Waals surface area contributed by atoms with Crippen LogP contribution in [0.2, 0.25) is 0 Å². The summed E-state index contributed by atoms with van der Waals surface area (Å²) < 4.78 is 20.7. The second-order valence-corrected chi connectivity index (χ2v) is 24.2. The molecule has 0 saturated carbocycles. The van der Waals surface area contributed by atoms with E-state index in [0.29, 0.717) is 19.8 Å². The maximum Gasteiger partial charge on any atom is 0.203 e. The van der Waals surface area contributed by atoms with Gasteiger partial charge in [-0.05, 0) is 104 Å². The highest BCUT2D eigenvalue weighted by Crippen LogP contribution is 2.43. The van der Waals surface area contributed by atoms with Crippen LogP contribution in [0.25, 0.3) is 45.9 Å². The Kier molecular flexibility index (Phi) is 34.0. The van der Waals surface area contributed by atoms with Gasteiger partial charge in [0.05, 0.1) is 42.6 Å². The van der Waals surface area contributed by atoms with Gasteiger partial charge in [-0.15, -0.1) is 0 Å². The Morgan fingerprint density at radius 2 is 0.617 bits per heavy atom. The number of H-pyrrole nitrogens is 2. The van der Waals surface area contributed by atoms with E-state index < -0.39 is 0 Å². The van der Waals surface area contributed by atoms with Crippen molar-refractivity contribution in [3.05, 3.63) is 89.0 Å². The van der Waals surface area contributed by atoms with E-state index in [0.717, 1.165) is 92.5 Å². The maximum atomic E-state index is 6.90. The molecule has 0 spiro atoms. The summed E-state index contributed by atoms with van der Waals surface area (Å²) in [6.07, 6.45) is 62.4. The molecule has 7 nitrogen and oxygen atoms in total. The van der Waals surface area contributed by atoms with E-state index in [1.165, 1.54) is 250 Å². The quantitative estimate of drug-likeness (QED) is 0.0372. The fourth-order valence-electron chi connectivity index (χ4n) is 11.8. The van der Waals surface area contributed by atoms with Crippen LogP contribution in [0, 0.1) is 0 Å². The summed E-state index contributed by atoms with van der Waals surface area (Å²) in [5.74, 6) is 2.31. The molecule has 0 aliphatic carbocycles. The van der Waals surface area contributed by atoms with Crippen molar-refractivity contribution < 1.29 is 14.2 Å². The Morgan fingerprint density at radius 1 is 0.309 bits per heavy atom. The number of rotatable bonds is 49. The molecule has 0 saturated heterocycles. The lowest BCUT2D eigenvalue weighted by Gasteiger charge is -2.19. The molecule has 0 unspecified atom stereocenters. The monoisotopic (exact) mass is 1110 g/mol. The van der Waals surface area contributed by atoms with E-state index in [4.69, 9.17) is 24.2 Å². The molecule has 4 aromatic rings. The van der Waals surface area contributed by atoms with Crippen LogP contribution in [-0.2, 0) is 0 Å². The second-order valence-electron chi connectivity index (χ2n) is 24.2. The summed E-state index contributed by atoms with van der Waals surface area (Å²) in [5, 5.41) is 0. The summed E-state index contributed by atoms with van der Waals surface area (Å²) in [6.45, 7) is 8.86. The number of aromatic nitrogens is 4. The Morgan fingerprint density at radius 3 is 0.988 bits per heavy atom. The van der Waals surface area contributed by atoms with E-state index in [1.54, 1.807) is 0 Å². The van der Waals surface area contributed by atoms with Crippen molar-refractivity contribution in [3.8, 4) is 17.2 Å². The molecule has 3 aromatic heterocycles. The van der Waals surface area contributed by atoms with Gasteiger partial charge < -0.3 is 24.2 Å². The van der Waals surface area contributed by atoms with E-state index in [-0.39, 0.29) is 0 Å². The largest absolute Gasteiger partial charge is 0.490 e. The molecular weight excluding hydrogens is 993 g/mol. The number of unbranched alkanes of at least 4 members (excludes halogenated alkanes) is 39. The molecule has 448 valence electrons. The Bertz CT molecular complexity index is 2440. The fraction of sp³-hybridized carbons (Fsp3) is 0.649. The van der Waals surface area contributed by atoms with E-state index in [1.807, 2.05) is 0 Å². The van der Waals surface area contributed by atoms with Crippen LogP contribution < -0.4 is 14.2 Å². The van der Waals surface area contributed by atoms with Gasteiger partial charge in [0, 0.05) is 27.6 Å². The summed E-state index contributed by atoms with van der Waals surface area (Å²) >= 11 is 0. The molecule has 7 heteroatoms. The zero-order chi connectivity index (χ0) is 56.5. The van der Waals surface area contributed by atoms with Gasteiger partial charge >= 0.3 is 0 Å². The molecular formula is C74H114N4O3. The topological polar surface area (TPSA) is 85.1 Å². The second kappa shape index (κ2) is 42.1. The first-order valence-electron chi connectivity index (χ1n) is 34.3. The molecule has 1 aromatic carbocycles. The Labute approximate surface area is 494 Å². The smallest absolute Gasteiger partial charge is 0.203 e. The fourth-order valence-corrected chi connectivity index (χ4v) is 11.8. The van der Waals surface area contributed by atoms with Crippen LogP contribution in [0.4, 0.5) is 0 Å². The number of fused-ring (bicyclic) bond motifs is 8. The predicted octanol–water partition coefficient (Wildman–Crippen LogP) is 23.7. The first-order chi connectivity index (χ1) is 40.1. The normalized spacial score (nSPS) is 12.2. The molecule has 5 heterocycles. The minimum absolute atomic E-state index is 0.650. The minimum atomic E-state index is 0.650. The molecule has 6 rings (SSSR count). The average molecular weight is 1110 g/mol. The number of nitrogens with one attached hydrogen (secondary N) is 2. The van der Waals surface area contributed by atoms with Gasteiger partial charge in [0.2, 0.25) is 5.75 Å². The minimum Gasteiger partial charge on any atom is -0.490 e. The van der Waals surface area contributed by atoms with Crippen molar-refractivity contribution in [3.63, 3.8) is 0 Å². The van der Waals surface area contributed by atoms with Crippen LogP contribution in [0.1, 0.15) is 319 Å². The van der Waals surface area contributed by atoms with Crippen LogP contribution in [0.3, 0.4) is 0 Å². The maximum absolute atomic E-state index is 6.90. The highest BCUT2D eigenvalue weighted by Gasteiger charge is 2.22. The van der Waals surface area contributed by atoms with E-state index >= 15 is 0 Å². The molecule has 0 atom stereocenters. The third kappa shape index (κ3) is 27.4. The van der Waals surface area contributed by atoms with Crippen molar-refractivity contribution in [1.82, 2.24) is 19.9 Å². The van der Waals surface area contributed by atoms with Crippen LogP contribution >= 0.6 is 0 Å². The zero-order valence-corrected chi connectivity index (χ0v) is 51.9. The van der Waals surface area contributed by atoms with Crippen molar-refractivity contribution in [2.45, 2.75) is 290 Å². The van der Waals surface area contributed by atoms with Crippen LogP contribution in [0.5, 0.6) is 17.2 Å². The molecule has 0 radical (unpaired) electrons. The number of benzene rings is 1. The highest BCUT2D eigenvalue weighted by atomic mass is 16.5. The molecule has 0 fully saturated rings. The first-order valence-corrected chi connectivity index (χ1v) is 34.3. The summed E-state index contributed by atoms with van der Waals surface area (Å²) in [4.78, 5) is 17.4. The van der Waals surface area contributed by atoms with Gasteiger partial charge in [-0.2, -0.15) is 0 Å². The Hall–Kier alpha value is -4.78. The molecule has 0 amide bonds. The van der Waals surface area contributed by atoms with Crippen LogP contribution in [-0.4, -0.2) is 39.8 Å². The van der Waals surface area contributed by atoms with Crippen molar-refractivity contribution in [1.29, 1.82) is 0 Å². The van der Waals surface area contributed by atoms with Crippen molar-refractivity contribution in [2.75, 3.05) is 19.8 Å². The number of aromatic amines is 2. The van der Waals surface area contributed by atoms with Crippen molar-refractivity contribution in [2.24, 2.45) is 0 Å². The molecule has 8 bridgehead atoms. The third-order valence-electron chi connectivity index (χ3n) is 16.8. The highest BCUT2D eigenvalue weighted by molar-refractivity contribution is 5.94. The van der Waals surface area contributed by atoms with E-state index in [2.05, 4.69) is 110 Å². The summed E-state index contributed by atoms with van der Waals surface area (Å²) in [6, 6.07) is 21.3. The summed E-state index contributed by atoms with van der Waals surface area (Å²) in [5.41, 5.74) is 9.63. The lowest BCUT2D eigenvalue weighted by atomic mass is 10.0. The number of nitrogens with zero attached hydrogens (tertiary/aromatic N) is 2. The predicted molar refractivity (Wildman–Crippen MR) is 351 cm³/mol. The number of hydrogen-bond acceptors (Lipinski definition) is 5. The lowest BCUT2D eigenvalue weighted by Crippen LogP contribution is -2.07. The van der Waals surface area contributed by atoms with Gasteiger partial charge in [-0.1, -0.05) is 271 Å². The van der Waals surface area contributed by atoms with Gasteiger partial charge in [-0.3, -0.25) is 0 Å². The van der Waals surface area contributed by atoms with Crippen LogP contribution in [0.15, 0.2) is 60.7 Å². The molecule has 2 aliphatic rings. The van der Waals surface area contributed by atoms with Gasteiger partial charge in [0.25, 0.3) is 0 Å². The van der Waals surface area contributed by atoms with Gasteiger partial charge in [-0.25, -0.2) is 9.97 Å². The van der Waals surface area contributed by atoms with Crippen molar-refractivity contribution >= 4 is 45.9 Å². The van der Waals surface area contributed by atoms with E-state index in [9.17, 15) is 0 Å². The SMILES string of the molecule is CCCCCCCCCCCCCCCCOc1cc(C2=Cc3cc4ccc(cc5ccc(cc6nc(cc2n3)C=C6)[nH]5)[nH]4)cc(OCCCCCCCCCCCCCCCC)c1OCCCCCCCCCCCCCCCC. The molecule has 81 heavy (non-hydrogen) atoms. The first kappa shape index (κ1) is 65.4. The lowest BCUT2D eigenvalue weighted by molar-refractivity contribution is 0.234. The average Bonchev–Trinajstić information content (AvgIpc) is 4.54. The molecule has 2 aliphatic heterocycles. The number of ether oxygens (including phenoxy) is 3. The summed E-state index contributed by atoms with van der Waals surface area (Å²) in [7, 11) is 0. The molecule has 2 N–H and O–H groups in total. The zero-order valence-electron chi connectivity index (χ0n) is 51.9. The Balaban J connectivity index is 1.14. The van der Waals surface area contributed by atoms with Gasteiger partial charge in [0.15, 0.2) is 11.5 Å². The standard InChI is InChI=1S/C74H114N4O3/c1-4-7-10-13-16-19-22-25-28-31-34-37-40-43-52-79-72-55-62(70-60-69-59-67-49-48-65(76-67)57-63-46-47-64(75-63)58-66-50-51-68(77-66)61-71(70)78-69)56-73(80-53-44-41-38-35-32-29-26-23-20-17-14-11-8-5-2)74(72)81-54-45-42-39-36-33-30-27-24-21-18-15-12-9-6-3/h46-51,55-61,75-76H,4-45,52-54H2,1-3H3. The third-order valence-corrected chi connectivity index (χ3v) is 16.8.